The summed E-state index contributed by atoms with van der Waals surface area (Å²) in [5.41, 5.74) is 2.47. The van der Waals surface area contributed by atoms with Crippen LogP contribution < -0.4 is 10.6 Å². The number of anilines is 2. The summed E-state index contributed by atoms with van der Waals surface area (Å²) >= 11 is 0. The largest absolute Gasteiger partial charge is 0.364 e. The predicted octanol–water partition coefficient (Wildman–Crippen LogP) is 2.40. The Morgan fingerprint density at radius 3 is 2.49 bits per heavy atom. The molecule has 12 nitrogen and oxygen atoms in total. The van der Waals surface area contributed by atoms with E-state index in [0.717, 1.165) is 5.56 Å². The fraction of sp³-hybridized carbons (Fsp3) is 0.280. The van der Waals surface area contributed by atoms with Crippen molar-refractivity contribution in [1.29, 1.82) is 0 Å². The minimum Gasteiger partial charge on any atom is -0.364 e. The predicted molar refractivity (Wildman–Crippen MR) is 128 cm³/mol. The molecule has 2 aromatic carbocycles. The zero-order valence-corrected chi connectivity index (χ0v) is 19.3. The number of epoxide rings is 1. The highest BCUT2D eigenvalue weighted by Gasteiger charge is 2.75. The summed E-state index contributed by atoms with van der Waals surface area (Å²) in [5, 5.41) is 15.7. The number of aromatic nitrogens is 4. The number of urea groups is 1. The van der Waals surface area contributed by atoms with E-state index >= 15 is 0 Å². The lowest BCUT2D eigenvalue weighted by molar-refractivity contribution is -0.177. The number of carbonyl (C=O) groups excluding carboxylic acids is 1. The van der Waals surface area contributed by atoms with Crippen LogP contribution in [0.5, 0.6) is 0 Å². The van der Waals surface area contributed by atoms with Gasteiger partial charge in [-0.05, 0) is 17.7 Å². The molecule has 1 spiro atoms. The number of hydrogen-bond acceptors (Lipinski definition) is 9. The van der Waals surface area contributed by atoms with E-state index in [1.165, 1.54) is 12.7 Å². The minimum absolute atomic E-state index is 0.231. The summed E-state index contributed by atoms with van der Waals surface area (Å²) in [6.07, 6.45) is -0.256. The van der Waals surface area contributed by atoms with Crippen LogP contribution in [0.25, 0.3) is 11.2 Å². The molecule has 6 atom stereocenters. The number of benzene rings is 2. The molecule has 5 heterocycles. The second-order valence-electron chi connectivity index (χ2n) is 8.97. The van der Waals surface area contributed by atoms with Crippen molar-refractivity contribution in [3.05, 3.63) is 78.9 Å². The van der Waals surface area contributed by atoms with Crippen LogP contribution in [0.1, 0.15) is 11.8 Å². The Morgan fingerprint density at radius 1 is 0.973 bits per heavy atom. The molecule has 0 bridgehead atoms. The first kappa shape index (κ1) is 22.3. The summed E-state index contributed by atoms with van der Waals surface area (Å²) in [6.45, 7) is 0. The van der Waals surface area contributed by atoms with Gasteiger partial charge in [-0.2, -0.15) is 0 Å². The number of aliphatic hydroxyl groups is 1. The monoisotopic (exact) mass is 502 g/mol. The normalized spacial score (nSPS) is 29.9. The number of para-hydroxylation sites is 1. The van der Waals surface area contributed by atoms with Gasteiger partial charge in [0.2, 0.25) is 6.29 Å². The molecule has 188 valence electrons. The van der Waals surface area contributed by atoms with Gasteiger partial charge in [0.05, 0.1) is 6.33 Å². The van der Waals surface area contributed by atoms with Crippen molar-refractivity contribution in [1.82, 2.24) is 19.5 Å². The van der Waals surface area contributed by atoms with Crippen molar-refractivity contribution in [2.75, 3.05) is 10.6 Å². The van der Waals surface area contributed by atoms with Crippen LogP contribution in [0.15, 0.2) is 73.3 Å². The Bertz CT molecular complexity index is 1450. The third-order valence-corrected chi connectivity index (χ3v) is 6.61. The Balaban J connectivity index is 1.14. The second kappa shape index (κ2) is 8.57. The quantitative estimate of drug-likeness (QED) is 0.350. The molecule has 7 rings (SSSR count). The van der Waals surface area contributed by atoms with Gasteiger partial charge < -0.3 is 29.4 Å². The molecule has 4 aromatic rings. The number of ether oxygens (including phenoxy) is 4. The van der Waals surface area contributed by atoms with Crippen molar-refractivity contribution in [2.45, 2.75) is 43.2 Å². The summed E-state index contributed by atoms with van der Waals surface area (Å²) in [6, 6.07) is 18.4. The number of amides is 2. The van der Waals surface area contributed by atoms with Crippen LogP contribution >= 0.6 is 0 Å². The van der Waals surface area contributed by atoms with Crippen molar-refractivity contribution in [2.24, 2.45) is 0 Å². The van der Waals surface area contributed by atoms with Gasteiger partial charge in [-0.25, -0.2) is 19.7 Å². The van der Waals surface area contributed by atoms with Crippen LogP contribution in [0, 0.1) is 0 Å². The number of carbonyl (C=O) groups is 1. The molecular formula is C25H22N6O6. The minimum atomic E-state index is -1.32. The molecular weight excluding hydrogens is 480 g/mol. The molecule has 3 aliphatic rings. The highest BCUT2D eigenvalue weighted by atomic mass is 16.9. The van der Waals surface area contributed by atoms with E-state index in [9.17, 15) is 9.90 Å². The molecule has 0 aliphatic carbocycles. The van der Waals surface area contributed by atoms with Gasteiger partial charge in [0.25, 0.3) is 5.79 Å². The number of nitrogens with zero attached hydrogens (tertiary/aromatic N) is 4. The van der Waals surface area contributed by atoms with E-state index in [1.807, 2.05) is 48.5 Å². The van der Waals surface area contributed by atoms with Gasteiger partial charge in [-0.1, -0.05) is 48.5 Å². The number of rotatable bonds is 5. The topological polar surface area (TPSA) is 145 Å². The molecule has 2 aromatic heterocycles. The maximum atomic E-state index is 12.5. The molecule has 6 unspecified atom stereocenters. The van der Waals surface area contributed by atoms with E-state index in [0.29, 0.717) is 23.3 Å². The van der Waals surface area contributed by atoms with E-state index in [1.54, 1.807) is 16.7 Å². The van der Waals surface area contributed by atoms with Gasteiger partial charge in [0.15, 0.2) is 35.6 Å². The van der Waals surface area contributed by atoms with Gasteiger partial charge in [-0.3, -0.25) is 9.88 Å². The number of imidazole rings is 1. The van der Waals surface area contributed by atoms with Crippen LogP contribution in [0.3, 0.4) is 0 Å². The van der Waals surface area contributed by atoms with Crippen molar-refractivity contribution in [3.63, 3.8) is 0 Å². The SMILES string of the molecule is O=C(Nc1ccccc1)Nc1ncnc2c1ncn2C1OC2(OC2O)C2OC(Cc3ccccc3)OC12. The molecule has 0 saturated carbocycles. The number of nitrogens with one attached hydrogen (secondary N) is 2. The van der Waals surface area contributed by atoms with Crippen LogP contribution in [0.2, 0.25) is 0 Å². The first-order chi connectivity index (χ1) is 18.1. The smallest absolute Gasteiger partial charge is 0.324 e. The van der Waals surface area contributed by atoms with Crippen molar-refractivity contribution >= 4 is 28.7 Å². The van der Waals surface area contributed by atoms with E-state index in [2.05, 4.69) is 25.6 Å². The second-order valence-corrected chi connectivity index (χ2v) is 8.97. The first-order valence-electron chi connectivity index (χ1n) is 11.8. The zero-order chi connectivity index (χ0) is 25.0. The molecule has 37 heavy (non-hydrogen) atoms. The van der Waals surface area contributed by atoms with Gasteiger partial charge in [0, 0.05) is 12.1 Å². The van der Waals surface area contributed by atoms with Crippen LogP contribution in [0.4, 0.5) is 16.3 Å². The van der Waals surface area contributed by atoms with E-state index in [-0.39, 0.29) is 5.82 Å². The Labute approximate surface area is 210 Å². The summed E-state index contributed by atoms with van der Waals surface area (Å²) in [7, 11) is 0. The van der Waals surface area contributed by atoms with Crippen molar-refractivity contribution < 1.29 is 28.8 Å². The third kappa shape index (κ3) is 3.82. The number of aliphatic hydroxyl groups excluding tert-OH is 1. The summed E-state index contributed by atoms with van der Waals surface area (Å²) in [4.78, 5) is 25.5. The molecule has 3 saturated heterocycles. The molecule has 2 amide bonds. The summed E-state index contributed by atoms with van der Waals surface area (Å²) < 4.78 is 25.6. The lowest BCUT2D eigenvalue weighted by Crippen LogP contribution is -2.33. The molecule has 3 aliphatic heterocycles. The fourth-order valence-corrected chi connectivity index (χ4v) is 4.86. The lowest BCUT2D eigenvalue weighted by Gasteiger charge is -2.20. The first-order valence-corrected chi connectivity index (χ1v) is 11.8. The molecule has 0 radical (unpaired) electrons. The zero-order valence-electron chi connectivity index (χ0n) is 19.3. The fourth-order valence-electron chi connectivity index (χ4n) is 4.86. The average Bonchev–Trinajstić information content (AvgIpc) is 3.24. The maximum Gasteiger partial charge on any atom is 0.324 e. The average molecular weight is 502 g/mol. The number of fused-ring (bicyclic) bond motifs is 3. The van der Waals surface area contributed by atoms with Gasteiger partial charge in [-0.15, -0.1) is 0 Å². The highest BCUT2D eigenvalue weighted by molar-refractivity contribution is 6.02. The highest BCUT2D eigenvalue weighted by Crippen LogP contribution is 2.55. The molecule has 12 heteroatoms. The Hall–Kier alpha value is -3.94. The Morgan fingerprint density at radius 2 is 1.73 bits per heavy atom. The number of hydrogen-bond donors (Lipinski definition) is 3. The molecule has 3 N–H and O–H groups in total. The molecule has 3 fully saturated rings. The Kier molecular flexibility index (Phi) is 5.16. The van der Waals surface area contributed by atoms with Gasteiger partial charge in [0.1, 0.15) is 12.4 Å². The van der Waals surface area contributed by atoms with Crippen LogP contribution in [-0.4, -0.2) is 61.2 Å². The standard InChI is InChI=1S/C25H22N6O6/c32-23-25(37-23)19-18(34-16(35-19)11-14-7-3-1-4-8-14)22(36-25)31-13-28-17-20(26-12-27-21(17)31)30-24(33)29-15-9-5-2-6-10-15/h1-10,12-13,16,18-19,22-23,32H,11H2,(H2,26,27,29,30,33). The van der Waals surface area contributed by atoms with Crippen LogP contribution in [-0.2, 0) is 25.4 Å². The van der Waals surface area contributed by atoms with E-state index < -0.39 is 42.8 Å². The van der Waals surface area contributed by atoms with Crippen molar-refractivity contribution in [3.8, 4) is 0 Å². The van der Waals surface area contributed by atoms with Gasteiger partial charge >= 0.3 is 6.03 Å². The third-order valence-electron chi connectivity index (χ3n) is 6.61. The lowest BCUT2D eigenvalue weighted by atomic mass is 10.1. The van der Waals surface area contributed by atoms with E-state index in [4.69, 9.17) is 18.9 Å². The summed E-state index contributed by atoms with van der Waals surface area (Å²) in [5.74, 6) is -1.09. The maximum absolute atomic E-state index is 12.5.